The lowest BCUT2D eigenvalue weighted by molar-refractivity contribution is 0.211. The van der Waals surface area contributed by atoms with Gasteiger partial charge in [0.15, 0.2) is 10.8 Å². The van der Waals surface area contributed by atoms with Gasteiger partial charge in [0.25, 0.3) is 0 Å². The van der Waals surface area contributed by atoms with Gasteiger partial charge in [0.2, 0.25) is 0 Å². The summed E-state index contributed by atoms with van der Waals surface area (Å²) >= 11 is 1.71. The van der Waals surface area contributed by atoms with Crippen LogP contribution in [-0.2, 0) is 13.6 Å². The number of nitrogens with zero attached hydrogens (tertiary/aromatic N) is 5. The molecule has 0 aliphatic carbocycles. The molecule has 6 nitrogen and oxygen atoms in total. The smallest absolute Gasteiger partial charge is 0.185 e. The van der Waals surface area contributed by atoms with E-state index >= 15 is 0 Å². The van der Waals surface area contributed by atoms with E-state index in [4.69, 9.17) is 4.98 Å². The molecule has 4 heterocycles. The highest BCUT2D eigenvalue weighted by Gasteiger charge is 2.21. The van der Waals surface area contributed by atoms with Crippen LogP contribution >= 0.6 is 11.3 Å². The highest BCUT2D eigenvalue weighted by Crippen LogP contribution is 2.29. The van der Waals surface area contributed by atoms with E-state index < -0.39 is 0 Å². The summed E-state index contributed by atoms with van der Waals surface area (Å²) in [5, 5.41) is 9.06. The minimum Gasteiger partial charge on any atom is -0.359 e. The maximum absolute atomic E-state index is 4.70. The Labute approximate surface area is 145 Å². The second-order valence-electron chi connectivity index (χ2n) is 6.44. The summed E-state index contributed by atoms with van der Waals surface area (Å²) in [6.45, 7) is 5.25. The lowest BCUT2D eigenvalue weighted by Crippen LogP contribution is -2.38. The molecule has 1 N–H and O–H groups in total. The Hall–Kier alpha value is -1.99. The van der Waals surface area contributed by atoms with Gasteiger partial charge in [-0.3, -0.25) is 9.88 Å². The summed E-state index contributed by atoms with van der Waals surface area (Å²) in [6, 6.07) is 4.66. The maximum Gasteiger partial charge on any atom is 0.185 e. The van der Waals surface area contributed by atoms with Crippen molar-refractivity contribution in [2.24, 2.45) is 7.05 Å². The van der Waals surface area contributed by atoms with Crippen LogP contribution in [-0.4, -0.2) is 43.8 Å². The number of fused-ring (bicyclic) bond motifs is 1. The molecule has 0 atom stereocenters. The SMILES string of the molecule is Cc1nn(C)c2nc(NC3CCN(Cc4cccnc4)CC3)sc12. The number of hydrogen-bond acceptors (Lipinski definition) is 6. The van der Waals surface area contributed by atoms with E-state index in [0.717, 1.165) is 48.9 Å². The number of piperidine rings is 1. The van der Waals surface area contributed by atoms with Crippen molar-refractivity contribution >= 4 is 26.8 Å². The molecule has 126 valence electrons. The first-order valence-corrected chi connectivity index (χ1v) is 9.18. The minimum absolute atomic E-state index is 0.504. The molecule has 24 heavy (non-hydrogen) atoms. The number of anilines is 1. The predicted octanol–water partition coefficient (Wildman–Crippen LogP) is 2.81. The summed E-state index contributed by atoms with van der Waals surface area (Å²) < 4.78 is 3.05. The summed E-state index contributed by atoms with van der Waals surface area (Å²) in [4.78, 5) is 11.4. The van der Waals surface area contributed by atoms with Crippen LogP contribution in [0.3, 0.4) is 0 Å². The Morgan fingerprint density at radius 3 is 2.88 bits per heavy atom. The fourth-order valence-electron chi connectivity index (χ4n) is 3.31. The van der Waals surface area contributed by atoms with Crippen molar-refractivity contribution in [3.8, 4) is 0 Å². The molecule has 4 rings (SSSR count). The third-order valence-corrected chi connectivity index (χ3v) is 5.67. The molecule has 0 spiro atoms. The van der Waals surface area contributed by atoms with Crippen molar-refractivity contribution in [2.75, 3.05) is 18.4 Å². The van der Waals surface area contributed by atoms with E-state index in [-0.39, 0.29) is 0 Å². The molecule has 7 heteroatoms. The molecule has 0 saturated carbocycles. The number of likely N-dealkylation sites (tertiary alicyclic amines) is 1. The van der Waals surface area contributed by atoms with Gasteiger partial charge in [-0.05, 0) is 31.4 Å². The van der Waals surface area contributed by atoms with Crippen LogP contribution in [0.5, 0.6) is 0 Å². The van der Waals surface area contributed by atoms with Crippen LogP contribution in [0, 0.1) is 6.92 Å². The van der Waals surface area contributed by atoms with Crippen molar-refractivity contribution in [3.05, 3.63) is 35.8 Å². The Morgan fingerprint density at radius 1 is 1.33 bits per heavy atom. The number of aromatic nitrogens is 4. The van der Waals surface area contributed by atoms with Gasteiger partial charge in [-0.1, -0.05) is 17.4 Å². The van der Waals surface area contributed by atoms with Gasteiger partial charge in [-0.2, -0.15) is 5.10 Å². The summed E-state index contributed by atoms with van der Waals surface area (Å²) in [6.07, 6.45) is 6.08. The molecule has 1 aliphatic heterocycles. The van der Waals surface area contributed by atoms with E-state index in [9.17, 15) is 0 Å². The zero-order valence-electron chi connectivity index (χ0n) is 14.1. The summed E-state index contributed by atoms with van der Waals surface area (Å²) in [7, 11) is 1.95. The van der Waals surface area contributed by atoms with Gasteiger partial charge in [-0.15, -0.1) is 0 Å². The average molecular weight is 342 g/mol. The number of rotatable bonds is 4. The average Bonchev–Trinajstić information content (AvgIpc) is 3.12. The Kier molecular flexibility index (Phi) is 4.20. The van der Waals surface area contributed by atoms with Crippen LogP contribution in [0.15, 0.2) is 24.5 Å². The molecule has 0 amide bonds. The van der Waals surface area contributed by atoms with Gasteiger partial charge >= 0.3 is 0 Å². The molecule has 0 aromatic carbocycles. The zero-order chi connectivity index (χ0) is 16.5. The lowest BCUT2D eigenvalue weighted by Gasteiger charge is -2.32. The molecule has 3 aromatic rings. The monoisotopic (exact) mass is 342 g/mol. The third kappa shape index (κ3) is 3.14. The van der Waals surface area contributed by atoms with E-state index in [2.05, 4.69) is 26.4 Å². The molecule has 1 saturated heterocycles. The number of thiazole rings is 1. The molecular formula is C17H22N6S. The van der Waals surface area contributed by atoms with Gasteiger partial charge in [0, 0.05) is 45.1 Å². The van der Waals surface area contributed by atoms with E-state index in [1.165, 1.54) is 10.3 Å². The standard InChI is InChI=1S/C17H22N6S/c1-12-15-16(22(2)21-12)20-17(24-15)19-14-5-8-23(9-6-14)11-13-4-3-7-18-10-13/h3-4,7,10,14H,5-6,8-9,11H2,1-2H3,(H,19,20). The first-order chi connectivity index (χ1) is 11.7. The van der Waals surface area contributed by atoms with E-state index in [0.29, 0.717) is 6.04 Å². The number of nitrogens with one attached hydrogen (secondary N) is 1. The van der Waals surface area contributed by atoms with Gasteiger partial charge in [-0.25, -0.2) is 9.67 Å². The molecule has 0 radical (unpaired) electrons. The molecule has 1 fully saturated rings. The topological polar surface area (TPSA) is 58.9 Å². The van der Waals surface area contributed by atoms with Crippen LogP contribution in [0.25, 0.3) is 10.3 Å². The van der Waals surface area contributed by atoms with E-state index in [1.807, 2.05) is 37.1 Å². The fourth-order valence-corrected chi connectivity index (χ4v) is 4.32. The Morgan fingerprint density at radius 2 is 2.17 bits per heavy atom. The third-order valence-electron chi connectivity index (χ3n) is 4.59. The summed E-state index contributed by atoms with van der Waals surface area (Å²) in [5.41, 5.74) is 3.33. The first-order valence-electron chi connectivity index (χ1n) is 8.37. The summed E-state index contributed by atoms with van der Waals surface area (Å²) in [5.74, 6) is 0. The van der Waals surface area contributed by atoms with Crippen molar-refractivity contribution in [2.45, 2.75) is 32.4 Å². The Bertz CT molecular complexity index is 782. The molecule has 3 aromatic heterocycles. The number of hydrogen-bond donors (Lipinski definition) is 1. The van der Waals surface area contributed by atoms with Crippen LogP contribution in [0.4, 0.5) is 5.13 Å². The zero-order valence-corrected chi connectivity index (χ0v) is 14.9. The molecular weight excluding hydrogens is 320 g/mol. The number of aryl methyl sites for hydroxylation is 2. The second kappa shape index (κ2) is 6.49. The highest BCUT2D eigenvalue weighted by atomic mass is 32.1. The van der Waals surface area contributed by atoms with E-state index in [1.54, 1.807) is 11.3 Å². The van der Waals surface area contributed by atoms with Crippen molar-refractivity contribution in [3.63, 3.8) is 0 Å². The van der Waals surface area contributed by atoms with Crippen LogP contribution in [0.2, 0.25) is 0 Å². The second-order valence-corrected chi connectivity index (χ2v) is 7.44. The normalized spacial score (nSPS) is 16.8. The lowest BCUT2D eigenvalue weighted by atomic mass is 10.0. The van der Waals surface area contributed by atoms with Crippen molar-refractivity contribution in [1.82, 2.24) is 24.6 Å². The minimum atomic E-state index is 0.504. The maximum atomic E-state index is 4.70. The predicted molar refractivity (Wildman–Crippen MR) is 97.3 cm³/mol. The largest absolute Gasteiger partial charge is 0.359 e. The molecule has 0 unspecified atom stereocenters. The van der Waals surface area contributed by atoms with Crippen molar-refractivity contribution in [1.29, 1.82) is 0 Å². The van der Waals surface area contributed by atoms with Gasteiger partial charge < -0.3 is 5.32 Å². The highest BCUT2D eigenvalue weighted by molar-refractivity contribution is 7.22. The van der Waals surface area contributed by atoms with Crippen molar-refractivity contribution < 1.29 is 0 Å². The van der Waals surface area contributed by atoms with Gasteiger partial charge in [0.1, 0.15) is 0 Å². The first kappa shape index (κ1) is 15.5. The molecule has 0 bridgehead atoms. The number of pyridine rings is 1. The van der Waals surface area contributed by atoms with Crippen LogP contribution in [0.1, 0.15) is 24.1 Å². The molecule has 1 aliphatic rings. The quantitative estimate of drug-likeness (QED) is 0.790. The Balaban J connectivity index is 1.34. The van der Waals surface area contributed by atoms with Crippen LogP contribution < -0.4 is 5.32 Å². The fraction of sp³-hybridized carbons (Fsp3) is 0.471. The van der Waals surface area contributed by atoms with Gasteiger partial charge in [0.05, 0.1) is 10.4 Å².